The van der Waals surface area contributed by atoms with Crippen molar-refractivity contribution in [2.24, 2.45) is 0 Å². The Balaban J connectivity index is 1.06. The van der Waals surface area contributed by atoms with Gasteiger partial charge in [-0.05, 0) is 117 Å². The largest absolute Gasteiger partial charge is 0.456 e. The van der Waals surface area contributed by atoms with Crippen LogP contribution in [0.15, 0.2) is 197 Å². The maximum Gasteiger partial charge on any atom is 0.136 e. The fraction of sp³-hybridized carbons (Fsp3) is 0. The lowest BCUT2D eigenvalue weighted by Gasteiger charge is -2.26. The molecule has 0 saturated carbocycles. The molecule has 3 nitrogen and oxygen atoms in total. The molecule has 3 heteroatoms. The van der Waals surface area contributed by atoms with E-state index in [-0.39, 0.29) is 0 Å². The van der Waals surface area contributed by atoms with Crippen LogP contribution in [0.1, 0.15) is 0 Å². The van der Waals surface area contributed by atoms with Crippen LogP contribution in [0.4, 0.5) is 17.1 Å². The minimum atomic E-state index is 0.881. The summed E-state index contributed by atoms with van der Waals surface area (Å²) in [6, 6.07) is 67.0. The van der Waals surface area contributed by atoms with Crippen molar-refractivity contribution in [1.29, 1.82) is 0 Å². The van der Waals surface area contributed by atoms with Crippen LogP contribution < -0.4 is 4.90 Å². The Bertz CT molecular complexity index is 3170. The number of benzene rings is 9. The van der Waals surface area contributed by atoms with E-state index < -0.39 is 0 Å². The zero-order chi connectivity index (χ0) is 34.9. The van der Waals surface area contributed by atoms with Crippen molar-refractivity contribution in [1.82, 2.24) is 0 Å². The van der Waals surface area contributed by atoms with Crippen molar-refractivity contribution in [3.05, 3.63) is 188 Å². The molecule has 0 saturated heterocycles. The van der Waals surface area contributed by atoms with Crippen LogP contribution in [0.3, 0.4) is 0 Å². The van der Waals surface area contributed by atoms with Crippen LogP contribution in [0.2, 0.25) is 0 Å². The molecule has 11 aromatic rings. The molecule has 0 N–H and O–H groups in total. The van der Waals surface area contributed by atoms with Gasteiger partial charge in [0.25, 0.3) is 0 Å². The van der Waals surface area contributed by atoms with E-state index in [0.29, 0.717) is 0 Å². The predicted molar refractivity (Wildman–Crippen MR) is 222 cm³/mol. The summed E-state index contributed by atoms with van der Waals surface area (Å²) in [6.45, 7) is 0. The zero-order valence-corrected chi connectivity index (χ0v) is 28.7. The molecule has 0 aliphatic heterocycles. The number of anilines is 3. The summed E-state index contributed by atoms with van der Waals surface area (Å²) >= 11 is 0. The van der Waals surface area contributed by atoms with Gasteiger partial charge in [-0.15, -0.1) is 0 Å². The number of hydrogen-bond acceptors (Lipinski definition) is 3. The highest BCUT2D eigenvalue weighted by Gasteiger charge is 2.17. The first-order valence-corrected chi connectivity index (χ1v) is 18.0. The molecular weight excluding hydrogens is 647 g/mol. The highest BCUT2D eigenvalue weighted by molar-refractivity contribution is 6.17. The molecule has 0 aliphatic rings. The Hall–Kier alpha value is -7.10. The van der Waals surface area contributed by atoms with Gasteiger partial charge in [0.15, 0.2) is 0 Å². The number of fused-ring (bicyclic) bond motifs is 9. The molecule has 0 atom stereocenters. The van der Waals surface area contributed by atoms with Gasteiger partial charge in [0.2, 0.25) is 0 Å². The molecule has 0 aliphatic carbocycles. The van der Waals surface area contributed by atoms with Gasteiger partial charge in [-0.1, -0.05) is 115 Å². The molecule has 2 aromatic heterocycles. The van der Waals surface area contributed by atoms with Crippen molar-refractivity contribution >= 4 is 82.5 Å². The minimum Gasteiger partial charge on any atom is -0.456 e. The SMILES string of the molecule is c1ccc(-c2cccc(-c3ccc(N(c4ccc5c(ccc6cc7oc8ccccc8c7cc65)c4)c4ccc5oc6ccccc6c5c4)cc3)c2)cc1. The Kier molecular flexibility index (Phi) is 6.55. The van der Waals surface area contributed by atoms with E-state index in [1.807, 2.05) is 24.3 Å². The first kappa shape index (κ1) is 29.6. The second-order valence-electron chi connectivity index (χ2n) is 13.7. The average molecular weight is 678 g/mol. The molecule has 0 spiro atoms. The van der Waals surface area contributed by atoms with Crippen molar-refractivity contribution in [2.45, 2.75) is 0 Å². The Morgan fingerprint density at radius 1 is 0.264 bits per heavy atom. The Morgan fingerprint density at radius 3 is 1.57 bits per heavy atom. The summed E-state index contributed by atoms with van der Waals surface area (Å²) in [7, 11) is 0. The second-order valence-corrected chi connectivity index (χ2v) is 13.7. The van der Waals surface area contributed by atoms with Gasteiger partial charge in [0.1, 0.15) is 22.3 Å². The summed E-state index contributed by atoms with van der Waals surface area (Å²) in [6.07, 6.45) is 0. The van der Waals surface area contributed by atoms with E-state index in [1.54, 1.807) is 0 Å². The molecule has 0 radical (unpaired) electrons. The van der Waals surface area contributed by atoms with E-state index in [0.717, 1.165) is 66.3 Å². The molecule has 0 fully saturated rings. The quantitative estimate of drug-likeness (QED) is 0.170. The van der Waals surface area contributed by atoms with Crippen molar-refractivity contribution in [2.75, 3.05) is 4.90 Å². The molecule has 9 aromatic carbocycles. The van der Waals surface area contributed by atoms with Gasteiger partial charge >= 0.3 is 0 Å². The number of para-hydroxylation sites is 2. The van der Waals surface area contributed by atoms with Crippen LogP contribution in [-0.2, 0) is 0 Å². The molecule has 11 rings (SSSR count). The fourth-order valence-corrected chi connectivity index (χ4v) is 8.02. The highest BCUT2D eigenvalue weighted by Crippen LogP contribution is 2.42. The van der Waals surface area contributed by atoms with Crippen LogP contribution in [-0.4, -0.2) is 0 Å². The summed E-state index contributed by atoms with van der Waals surface area (Å²) in [5.41, 5.74) is 11.6. The van der Waals surface area contributed by atoms with Crippen LogP contribution in [0, 0.1) is 0 Å². The molecule has 0 bridgehead atoms. The van der Waals surface area contributed by atoms with E-state index in [2.05, 4.69) is 169 Å². The fourth-order valence-electron chi connectivity index (χ4n) is 8.02. The van der Waals surface area contributed by atoms with Gasteiger partial charge in [-0.3, -0.25) is 0 Å². The molecule has 0 amide bonds. The summed E-state index contributed by atoms with van der Waals surface area (Å²) in [4.78, 5) is 2.35. The van der Waals surface area contributed by atoms with Gasteiger partial charge in [0.05, 0.1) is 0 Å². The zero-order valence-electron chi connectivity index (χ0n) is 28.7. The number of rotatable bonds is 5. The minimum absolute atomic E-state index is 0.881. The van der Waals surface area contributed by atoms with Crippen molar-refractivity contribution in [3.63, 3.8) is 0 Å². The third-order valence-electron chi connectivity index (χ3n) is 10.6. The number of hydrogen-bond donors (Lipinski definition) is 0. The van der Waals surface area contributed by atoms with Crippen LogP contribution in [0.25, 0.3) is 87.7 Å². The van der Waals surface area contributed by atoms with Crippen molar-refractivity contribution in [3.8, 4) is 22.3 Å². The summed E-state index contributed by atoms with van der Waals surface area (Å²) < 4.78 is 12.5. The van der Waals surface area contributed by atoms with Gasteiger partial charge in [-0.25, -0.2) is 0 Å². The van der Waals surface area contributed by atoms with E-state index in [9.17, 15) is 0 Å². The summed E-state index contributed by atoms with van der Waals surface area (Å²) in [5.74, 6) is 0. The molecule has 0 unspecified atom stereocenters. The topological polar surface area (TPSA) is 29.5 Å². The van der Waals surface area contributed by atoms with Gasteiger partial charge in [-0.2, -0.15) is 0 Å². The maximum atomic E-state index is 6.23. The third kappa shape index (κ3) is 4.90. The van der Waals surface area contributed by atoms with E-state index in [4.69, 9.17) is 8.83 Å². The summed E-state index contributed by atoms with van der Waals surface area (Å²) in [5, 5.41) is 9.26. The lowest BCUT2D eigenvalue weighted by atomic mass is 9.98. The predicted octanol–water partition coefficient (Wildman–Crippen LogP) is 14.6. The molecule has 53 heavy (non-hydrogen) atoms. The number of furan rings is 2. The Morgan fingerprint density at radius 2 is 0.811 bits per heavy atom. The van der Waals surface area contributed by atoms with Gasteiger partial charge in [0, 0.05) is 38.6 Å². The van der Waals surface area contributed by atoms with Gasteiger partial charge < -0.3 is 13.7 Å². The Labute approximate surface area is 305 Å². The first-order chi connectivity index (χ1) is 26.2. The lowest BCUT2D eigenvalue weighted by Crippen LogP contribution is -2.09. The third-order valence-corrected chi connectivity index (χ3v) is 10.6. The van der Waals surface area contributed by atoms with Crippen LogP contribution in [0.5, 0.6) is 0 Å². The molecule has 2 heterocycles. The lowest BCUT2D eigenvalue weighted by molar-refractivity contribution is 0.668. The monoisotopic (exact) mass is 677 g/mol. The normalized spacial score (nSPS) is 11.8. The second kappa shape index (κ2) is 11.7. The average Bonchev–Trinajstić information content (AvgIpc) is 3.78. The first-order valence-electron chi connectivity index (χ1n) is 18.0. The van der Waals surface area contributed by atoms with Crippen LogP contribution >= 0.6 is 0 Å². The van der Waals surface area contributed by atoms with E-state index >= 15 is 0 Å². The molecule has 248 valence electrons. The van der Waals surface area contributed by atoms with Crippen molar-refractivity contribution < 1.29 is 8.83 Å². The maximum absolute atomic E-state index is 6.23. The smallest absolute Gasteiger partial charge is 0.136 e. The molecular formula is C50H31NO2. The van der Waals surface area contributed by atoms with E-state index in [1.165, 1.54) is 38.4 Å². The number of nitrogens with zero attached hydrogens (tertiary/aromatic N) is 1. The highest BCUT2D eigenvalue weighted by atomic mass is 16.3. The standard InChI is InChI=1S/C50H31NO2/c1-2-9-32(10-3-1)34-11-8-12-35(27-34)33-19-21-38(22-20-33)51(40-24-26-49-45(30-40)42-13-4-6-15-47(42)52-49)39-23-25-41-36(28-39)17-18-37-29-50-46(31-44(37)41)43-14-5-7-16-48(43)53-50/h1-31H.